The molecule has 6 nitrogen and oxygen atoms in total. The molecule has 24 heavy (non-hydrogen) atoms. The molecule has 4 rings (SSSR count). The topological polar surface area (TPSA) is 63.2 Å². The van der Waals surface area contributed by atoms with Gasteiger partial charge in [-0.3, -0.25) is 0 Å². The van der Waals surface area contributed by atoms with E-state index in [4.69, 9.17) is 4.74 Å². The van der Waals surface area contributed by atoms with Crippen molar-refractivity contribution in [2.45, 2.75) is 25.0 Å². The molecule has 1 N–H and O–H groups in total. The molecule has 2 aromatic heterocycles. The summed E-state index contributed by atoms with van der Waals surface area (Å²) in [6, 6.07) is 5.89. The molecule has 0 bridgehead atoms. The molecule has 0 spiro atoms. The SMILES string of the molecule is Fc1cnc(N2C[C@@H]3CCCO[C@@H]3[C@H](Nc3ccccn3)C2)nc1. The van der Waals surface area contributed by atoms with Crippen molar-refractivity contribution < 1.29 is 9.13 Å². The van der Waals surface area contributed by atoms with E-state index in [1.54, 1.807) is 6.20 Å². The van der Waals surface area contributed by atoms with Crippen molar-refractivity contribution >= 4 is 11.8 Å². The molecular weight excluding hydrogens is 309 g/mol. The summed E-state index contributed by atoms with van der Waals surface area (Å²) in [5.41, 5.74) is 0. The van der Waals surface area contributed by atoms with Crippen LogP contribution in [-0.2, 0) is 4.74 Å². The van der Waals surface area contributed by atoms with Crippen molar-refractivity contribution in [1.82, 2.24) is 15.0 Å². The highest BCUT2D eigenvalue weighted by Crippen LogP contribution is 2.31. The lowest BCUT2D eigenvalue weighted by Gasteiger charge is -2.46. The first-order valence-corrected chi connectivity index (χ1v) is 8.31. The molecule has 126 valence electrons. The van der Waals surface area contributed by atoms with Crippen molar-refractivity contribution in [3.8, 4) is 0 Å². The Morgan fingerprint density at radius 2 is 2.04 bits per heavy atom. The fourth-order valence-electron chi connectivity index (χ4n) is 3.60. The van der Waals surface area contributed by atoms with E-state index in [1.807, 2.05) is 18.2 Å². The van der Waals surface area contributed by atoms with Crippen molar-refractivity contribution in [2.24, 2.45) is 5.92 Å². The average Bonchev–Trinajstić information content (AvgIpc) is 2.63. The zero-order valence-electron chi connectivity index (χ0n) is 13.3. The van der Waals surface area contributed by atoms with Crippen LogP contribution < -0.4 is 10.2 Å². The quantitative estimate of drug-likeness (QED) is 0.930. The molecule has 2 fully saturated rings. The standard InChI is InChI=1S/C17H20FN5O/c18-13-8-20-17(21-9-13)23-10-12-4-3-7-24-16(12)14(11-23)22-15-5-1-2-6-19-15/h1-2,5-6,8-9,12,14,16H,3-4,7,10-11H2,(H,19,22)/t12-,14+,16-/m0/s1. The Hall–Kier alpha value is -2.28. The van der Waals surface area contributed by atoms with Crippen LogP contribution in [0.1, 0.15) is 12.8 Å². The Labute approximate surface area is 140 Å². The third-order valence-electron chi connectivity index (χ3n) is 4.65. The van der Waals surface area contributed by atoms with Crippen LogP contribution in [0.5, 0.6) is 0 Å². The zero-order valence-corrected chi connectivity index (χ0v) is 13.3. The van der Waals surface area contributed by atoms with Crippen LogP contribution in [0, 0.1) is 11.7 Å². The van der Waals surface area contributed by atoms with Gasteiger partial charge in [0, 0.05) is 31.8 Å². The first kappa shape index (κ1) is 15.3. The van der Waals surface area contributed by atoms with E-state index < -0.39 is 5.82 Å². The highest BCUT2D eigenvalue weighted by molar-refractivity contribution is 5.39. The average molecular weight is 329 g/mol. The highest BCUT2D eigenvalue weighted by Gasteiger charge is 2.40. The number of anilines is 2. The molecule has 2 aliphatic heterocycles. The minimum Gasteiger partial charge on any atom is -0.376 e. The maximum Gasteiger partial charge on any atom is 0.225 e. The Balaban J connectivity index is 1.56. The third-order valence-corrected chi connectivity index (χ3v) is 4.65. The Morgan fingerprint density at radius 1 is 1.17 bits per heavy atom. The second kappa shape index (κ2) is 6.68. The van der Waals surface area contributed by atoms with Gasteiger partial charge >= 0.3 is 0 Å². The molecule has 7 heteroatoms. The maximum atomic E-state index is 13.1. The minimum absolute atomic E-state index is 0.0904. The number of fused-ring (bicyclic) bond motifs is 1. The van der Waals surface area contributed by atoms with Crippen LogP contribution in [0.15, 0.2) is 36.8 Å². The fraction of sp³-hybridized carbons (Fsp3) is 0.471. The van der Waals surface area contributed by atoms with Crippen LogP contribution in [-0.4, -0.2) is 46.8 Å². The van der Waals surface area contributed by atoms with Crippen molar-refractivity contribution in [1.29, 1.82) is 0 Å². The van der Waals surface area contributed by atoms with Crippen LogP contribution in [0.4, 0.5) is 16.2 Å². The summed E-state index contributed by atoms with van der Waals surface area (Å²) < 4.78 is 19.2. The van der Waals surface area contributed by atoms with Gasteiger partial charge in [-0.2, -0.15) is 0 Å². The number of nitrogens with one attached hydrogen (secondary N) is 1. The van der Waals surface area contributed by atoms with E-state index in [2.05, 4.69) is 25.2 Å². The first-order chi connectivity index (χ1) is 11.8. The lowest BCUT2D eigenvalue weighted by Crippen LogP contribution is -2.58. The molecule has 0 unspecified atom stereocenters. The molecule has 2 aliphatic rings. The Morgan fingerprint density at radius 3 is 2.83 bits per heavy atom. The number of hydrogen-bond acceptors (Lipinski definition) is 6. The molecule has 0 aliphatic carbocycles. The van der Waals surface area contributed by atoms with E-state index >= 15 is 0 Å². The molecule has 0 amide bonds. The molecule has 2 aromatic rings. The molecule has 4 heterocycles. The lowest BCUT2D eigenvalue weighted by molar-refractivity contribution is -0.0425. The summed E-state index contributed by atoms with van der Waals surface area (Å²) in [4.78, 5) is 14.7. The van der Waals surface area contributed by atoms with E-state index in [0.717, 1.165) is 31.8 Å². The summed E-state index contributed by atoms with van der Waals surface area (Å²) in [6.45, 7) is 2.33. The van der Waals surface area contributed by atoms with Gasteiger partial charge < -0.3 is 15.0 Å². The zero-order chi connectivity index (χ0) is 16.4. The highest BCUT2D eigenvalue weighted by atomic mass is 19.1. The number of rotatable bonds is 3. The fourth-order valence-corrected chi connectivity index (χ4v) is 3.60. The number of aromatic nitrogens is 3. The second-order valence-electron chi connectivity index (χ2n) is 6.31. The number of ether oxygens (including phenoxy) is 1. The van der Waals surface area contributed by atoms with Crippen LogP contribution in [0.25, 0.3) is 0 Å². The van der Waals surface area contributed by atoms with Gasteiger partial charge in [0.2, 0.25) is 5.95 Å². The Kier molecular flexibility index (Phi) is 4.25. The minimum atomic E-state index is -0.419. The molecule has 3 atom stereocenters. The monoisotopic (exact) mass is 329 g/mol. The molecular formula is C17H20FN5O. The molecule has 0 radical (unpaired) electrons. The van der Waals surface area contributed by atoms with Gasteiger partial charge in [0.1, 0.15) is 5.82 Å². The predicted molar refractivity (Wildman–Crippen MR) is 88.3 cm³/mol. The molecule has 0 saturated carbocycles. The van der Waals surface area contributed by atoms with E-state index in [0.29, 0.717) is 18.4 Å². The second-order valence-corrected chi connectivity index (χ2v) is 6.31. The summed E-state index contributed by atoms with van der Waals surface area (Å²) >= 11 is 0. The van der Waals surface area contributed by atoms with Crippen LogP contribution >= 0.6 is 0 Å². The van der Waals surface area contributed by atoms with Crippen molar-refractivity contribution in [3.05, 3.63) is 42.6 Å². The van der Waals surface area contributed by atoms with E-state index in [1.165, 1.54) is 12.4 Å². The van der Waals surface area contributed by atoms with Gasteiger partial charge in [0.15, 0.2) is 5.82 Å². The predicted octanol–water partition coefficient (Wildman–Crippen LogP) is 2.11. The summed E-state index contributed by atoms with van der Waals surface area (Å²) in [5.74, 6) is 1.38. The summed E-state index contributed by atoms with van der Waals surface area (Å²) in [5, 5.41) is 3.48. The Bertz CT molecular complexity index is 668. The number of piperidine rings is 1. The van der Waals surface area contributed by atoms with Crippen molar-refractivity contribution in [3.63, 3.8) is 0 Å². The summed E-state index contributed by atoms with van der Waals surface area (Å²) in [7, 11) is 0. The van der Waals surface area contributed by atoms with Crippen LogP contribution in [0.3, 0.4) is 0 Å². The number of hydrogen-bond donors (Lipinski definition) is 1. The maximum absolute atomic E-state index is 13.1. The van der Waals surface area contributed by atoms with Gasteiger partial charge in [0.05, 0.1) is 24.5 Å². The number of halogens is 1. The lowest BCUT2D eigenvalue weighted by atomic mass is 9.85. The van der Waals surface area contributed by atoms with E-state index in [-0.39, 0.29) is 12.1 Å². The normalized spacial score (nSPS) is 26.7. The van der Waals surface area contributed by atoms with Gasteiger partial charge in [-0.25, -0.2) is 19.3 Å². The van der Waals surface area contributed by atoms with Gasteiger partial charge in [-0.05, 0) is 25.0 Å². The number of pyridine rings is 1. The van der Waals surface area contributed by atoms with Gasteiger partial charge in [0.25, 0.3) is 0 Å². The van der Waals surface area contributed by atoms with Crippen molar-refractivity contribution in [2.75, 3.05) is 29.9 Å². The largest absolute Gasteiger partial charge is 0.376 e. The summed E-state index contributed by atoms with van der Waals surface area (Å²) in [6.07, 6.45) is 6.53. The number of nitrogens with zero attached hydrogens (tertiary/aromatic N) is 4. The van der Waals surface area contributed by atoms with Gasteiger partial charge in [-0.1, -0.05) is 6.07 Å². The third kappa shape index (κ3) is 3.17. The van der Waals surface area contributed by atoms with E-state index in [9.17, 15) is 4.39 Å². The first-order valence-electron chi connectivity index (χ1n) is 8.31. The molecule has 2 saturated heterocycles. The van der Waals surface area contributed by atoms with Crippen LogP contribution in [0.2, 0.25) is 0 Å². The smallest absolute Gasteiger partial charge is 0.225 e. The molecule has 0 aromatic carbocycles. The van der Waals surface area contributed by atoms with Gasteiger partial charge in [-0.15, -0.1) is 0 Å².